The van der Waals surface area contributed by atoms with Crippen LogP contribution in [0.2, 0.25) is 5.02 Å². The molecule has 0 aromatic heterocycles. The maximum absolute atomic E-state index is 9.37. The maximum atomic E-state index is 9.37. The average Bonchev–Trinajstić information content (AvgIpc) is 2.10. The van der Waals surface area contributed by atoms with Crippen LogP contribution in [0.25, 0.3) is 6.08 Å². The van der Waals surface area contributed by atoms with E-state index in [2.05, 4.69) is 0 Å². The van der Waals surface area contributed by atoms with Crippen LogP contribution in [0.3, 0.4) is 0 Å². The second kappa shape index (κ2) is 4.54. The van der Waals surface area contributed by atoms with Crippen molar-refractivity contribution < 1.29 is 5.11 Å². The normalized spacial score (nSPS) is 11.0. The van der Waals surface area contributed by atoms with Gasteiger partial charge in [-0.3, -0.25) is 0 Å². The minimum Gasteiger partial charge on any atom is -0.506 e. The molecule has 13 heavy (non-hydrogen) atoms. The van der Waals surface area contributed by atoms with E-state index in [1.54, 1.807) is 13.0 Å². The van der Waals surface area contributed by atoms with Crippen molar-refractivity contribution in [2.24, 2.45) is 0 Å². The second-order valence-corrected chi connectivity index (χ2v) is 3.44. The van der Waals surface area contributed by atoms with Gasteiger partial charge >= 0.3 is 0 Å². The number of aromatic hydroxyl groups is 1. The number of alkyl halides is 1. The van der Waals surface area contributed by atoms with Crippen molar-refractivity contribution >= 4 is 29.3 Å². The van der Waals surface area contributed by atoms with Crippen molar-refractivity contribution in [2.75, 3.05) is 5.88 Å². The molecule has 1 rings (SSSR count). The first-order chi connectivity index (χ1) is 6.15. The number of aryl methyl sites for hydroxylation is 1. The van der Waals surface area contributed by atoms with Gasteiger partial charge in [0.2, 0.25) is 0 Å². The van der Waals surface area contributed by atoms with Gasteiger partial charge in [0.25, 0.3) is 0 Å². The molecule has 0 aliphatic carbocycles. The average molecular weight is 217 g/mol. The zero-order valence-electron chi connectivity index (χ0n) is 7.22. The predicted octanol–water partition coefficient (Wildman–Crippen LogP) is 3.61. The summed E-state index contributed by atoms with van der Waals surface area (Å²) in [6.45, 7) is 1.80. The lowest BCUT2D eigenvalue weighted by molar-refractivity contribution is 0.471. The third kappa shape index (κ3) is 2.64. The monoisotopic (exact) mass is 216 g/mol. The van der Waals surface area contributed by atoms with E-state index in [1.165, 1.54) is 0 Å². The molecular weight excluding hydrogens is 207 g/mol. The molecule has 0 saturated heterocycles. The van der Waals surface area contributed by atoms with Crippen molar-refractivity contribution in [1.82, 2.24) is 0 Å². The minimum atomic E-state index is 0.143. The summed E-state index contributed by atoms with van der Waals surface area (Å²) in [4.78, 5) is 0. The summed E-state index contributed by atoms with van der Waals surface area (Å²) in [5.74, 6) is 0.613. The molecule has 0 amide bonds. The highest BCUT2D eigenvalue weighted by molar-refractivity contribution is 6.32. The van der Waals surface area contributed by atoms with Crippen molar-refractivity contribution in [3.63, 3.8) is 0 Å². The number of rotatable bonds is 2. The predicted molar refractivity (Wildman–Crippen MR) is 57.6 cm³/mol. The molecule has 1 aromatic rings. The van der Waals surface area contributed by atoms with Gasteiger partial charge in [0, 0.05) is 5.88 Å². The molecule has 1 aromatic carbocycles. The Morgan fingerprint density at radius 3 is 2.69 bits per heavy atom. The molecule has 0 aliphatic rings. The number of phenols is 1. The number of hydrogen-bond donors (Lipinski definition) is 1. The largest absolute Gasteiger partial charge is 0.506 e. The third-order valence-corrected chi connectivity index (χ3v) is 2.14. The molecule has 0 saturated carbocycles. The van der Waals surface area contributed by atoms with Gasteiger partial charge in [-0.2, -0.15) is 0 Å². The molecule has 0 heterocycles. The number of phenolic OH excluding ortho intramolecular Hbond substituents is 1. The van der Waals surface area contributed by atoms with Crippen LogP contribution in [0.1, 0.15) is 11.1 Å². The van der Waals surface area contributed by atoms with E-state index in [0.29, 0.717) is 10.9 Å². The van der Waals surface area contributed by atoms with Crippen LogP contribution in [0, 0.1) is 6.92 Å². The molecule has 1 N–H and O–H groups in total. The Morgan fingerprint density at radius 1 is 1.46 bits per heavy atom. The quantitative estimate of drug-likeness (QED) is 0.750. The lowest BCUT2D eigenvalue weighted by Gasteiger charge is -2.02. The SMILES string of the molecule is Cc1cc(C=CCCl)cc(Cl)c1O. The van der Waals surface area contributed by atoms with Crippen molar-refractivity contribution in [3.8, 4) is 5.75 Å². The van der Waals surface area contributed by atoms with E-state index >= 15 is 0 Å². The van der Waals surface area contributed by atoms with E-state index in [4.69, 9.17) is 23.2 Å². The molecule has 0 spiro atoms. The molecule has 0 unspecified atom stereocenters. The van der Waals surface area contributed by atoms with Gasteiger partial charge in [-0.1, -0.05) is 23.8 Å². The number of hydrogen-bond acceptors (Lipinski definition) is 1. The summed E-state index contributed by atoms with van der Waals surface area (Å²) < 4.78 is 0. The molecule has 1 nitrogen and oxygen atoms in total. The van der Waals surface area contributed by atoms with E-state index in [9.17, 15) is 5.11 Å². The van der Waals surface area contributed by atoms with Crippen LogP contribution in [-0.4, -0.2) is 11.0 Å². The molecule has 0 aliphatic heterocycles. The van der Waals surface area contributed by atoms with E-state index < -0.39 is 0 Å². The lowest BCUT2D eigenvalue weighted by Crippen LogP contribution is -1.79. The van der Waals surface area contributed by atoms with E-state index in [0.717, 1.165) is 11.1 Å². The van der Waals surface area contributed by atoms with Crippen LogP contribution < -0.4 is 0 Å². The molecule has 0 bridgehead atoms. The van der Waals surface area contributed by atoms with Crippen LogP contribution >= 0.6 is 23.2 Å². The number of benzene rings is 1. The molecular formula is C10H10Cl2O. The zero-order chi connectivity index (χ0) is 9.84. The fourth-order valence-corrected chi connectivity index (χ4v) is 1.40. The summed E-state index contributed by atoms with van der Waals surface area (Å²) in [6.07, 6.45) is 3.69. The Labute approximate surface area is 87.6 Å². The van der Waals surface area contributed by atoms with Gasteiger partial charge in [-0.25, -0.2) is 0 Å². The Kier molecular flexibility index (Phi) is 3.64. The first kappa shape index (κ1) is 10.4. The maximum Gasteiger partial charge on any atom is 0.137 e. The van der Waals surface area contributed by atoms with Crippen molar-refractivity contribution in [3.05, 3.63) is 34.4 Å². The molecule has 0 fully saturated rings. The number of allylic oxidation sites excluding steroid dienone is 1. The summed E-state index contributed by atoms with van der Waals surface area (Å²) in [5, 5.41) is 9.74. The second-order valence-electron chi connectivity index (χ2n) is 2.72. The smallest absolute Gasteiger partial charge is 0.137 e. The summed E-state index contributed by atoms with van der Waals surface area (Å²) in [6, 6.07) is 3.55. The lowest BCUT2D eigenvalue weighted by atomic mass is 10.1. The van der Waals surface area contributed by atoms with Crippen LogP contribution in [0.15, 0.2) is 18.2 Å². The van der Waals surface area contributed by atoms with Gasteiger partial charge < -0.3 is 5.11 Å². The highest BCUT2D eigenvalue weighted by Gasteiger charge is 2.02. The van der Waals surface area contributed by atoms with Crippen LogP contribution in [0.5, 0.6) is 5.75 Å². The minimum absolute atomic E-state index is 0.143. The van der Waals surface area contributed by atoms with Crippen molar-refractivity contribution in [2.45, 2.75) is 6.92 Å². The Balaban J connectivity index is 3.06. The van der Waals surface area contributed by atoms with Gasteiger partial charge in [0.15, 0.2) is 0 Å². The first-order valence-corrected chi connectivity index (χ1v) is 4.78. The standard InChI is InChI=1S/C10H10Cl2O/c1-7-5-8(3-2-4-11)6-9(12)10(7)13/h2-3,5-6,13H,4H2,1H3. The zero-order valence-corrected chi connectivity index (χ0v) is 8.73. The van der Waals surface area contributed by atoms with Gasteiger partial charge in [-0.05, 0) is 30.2 Å². The Hall–Kier alpha value is -0.660. The van der Waals surface area contributed by atoms with E-state index in [1.807, 2.05) is 18.2 Å². The van der Waals surface area contributed by atoms with Crippen LogP contribution in [0.4, 0.5) is 0 Å². The summed E-state index contributed by atoms with van der Waals surface area (Å²) >= 11 is 11.3. The highest BCUT2D eigenvalue weighted by atomic mass is 35.5. The number of halogens is 2. The topological polar surface area (TPSA) is 20.2 Å². The Morgan fingerprint density at radius 2 is 2.15 bits per heavy atom. The Bertz CT molecular complexity index is 309. The highest BCUT2D eigenvalue weighted by Crippen LogP contribution is 2.28. The fraction of sp³-hybridized carbons (Fsp3) is 0.200. The van der Waals surface area contributed by atoms with Crippen LogP contribution in [-0.2, 0) is 0 Å². The van der Waals surface area contributed by atoms with Gasteiger partial charge in [-0.15, -0.1) is 11.6 Å². The molecule has 70 valence electrons. The summed E-state index contributed by atoms with van der Waals surface area (Å²) in [7, 11) is 0. The van der Waals surface area contributed by atoms with Gasteiger partial charge in [0.05, 0.1) is 5.02 Å². The third-order valence-electron chi connectivity index (χ3n) is 1.68. The molecule has 0 radical (unpaired) electrons. The molecule has 0 atom stereocenters. The fourth-order valence-electron chi connectivity index (χ4n) is 1.04. The summed E-state index contributed by atoms with van der Waals surface area (Å²) in [5.41, 5.74) is 1.71. The molecule has 3 heteroatoms. The van der Waals surface area contributed by atoms with Gasteiger partial charge in [0.1, 0.15) is 5.75 Å². The van der Waals surface area contributed by atoms with E-state index in [-0.39, 0.29) is 5.75 Å². The van der Waals surface area contributed by atoms with Crippen molar-refractivity contribution in [1.29, 1.82) is 0 Å². The first-order valence-electron chi connectivity index (χ1n) is 3.86.